The molecule has 0 amide bonds. The molecule has 1 fully saturated rings. The lowest BCUT2D eigenvalue weighted by atomic mass is 10.0. The maximum absolute atomic E-state index is 13.7. The molecule has 1 aromatic heterocycles. The van der Waals surface area contributed by atoms with Crippen LogP contribution in [0.1, 0.15) is 19.8 Å². The number of hydrogen-bond acceptors (Lipinski definition) is 5. The molecule has 0 saturated carbocycles. The van der Waals surface area contributed by atoms with Gasteiger partial charge in [-0.05, 0) is 30.9 Å². The van der Waals surface area contributed by atoms with Crippen LogP contribution in [0.2, 0.25) is 0 Å². The predicted molar refractivity (Wildman–Crippen MR) is 83.5 cm³/mol. The third kappa shape index (κ3) is 2.95. The Morgan fingerprint density at radius 3 is 2.91 bits per heavy atom. The van der Waals surface area contributed by atoms with E-state index in [9.17, 15) is 4.39 Å². The number of benzene rings is 1. The molecule has 5 nitrogen and oxygen atoms in total. The highest BCUT2D eigenvalue weighted by Gasteiger charge is 2.22. The molecule has 116 valence electrons. The Morgan fingerprint density at radius 2 is 2.14 bits per heavy atom. The molecule has 0 spiro atoms. The van der Waals surface area contributed by atoms with Gasteiger partial charge in [0.15, 0.2) is 17.4 Å². The molecule has 2 heterocycles. The lowest BCUT2D eigenvalue weighted by Crippen LogP contribution is -2.35. The van der Waals surface area contributed by atoms with E-state index in [0.717, 1.165) is 19.5 Å². The zero-order valence-electron chi connectivity index (χ0n) is 12.5. The van der Waals surface area contributed by atoms with Gasteiger partial charge >= 0.3 is 0 Å². The monoisotopic (exact) mass is 302 g/mol. The van der Waals surface area contributed by atoms with Crippen molar-refractivity contribution in [3.05, 3.63) is 36.4 Å². The molecule has 1 aliphatic heterocycles. The van der Waals surface area contributed by atoms with Crippen molar-refractivity contribution in [2.45, 2.75) is 19.8 Å². The summed E-state index contributed by atoms with van der Waals surface area (Å²) < 4.78 is 19.2. The molecular weight excluding hydrogens is 283 g/mol. The summed E-state index contributed by atoms with van der Waals surface area (Å²) in [4.78, 5) is 10.5. The van der Waals surface area contributed by atoms with Crippen LogP contribution in [0.3, 0.4) is 0 Å². The van der Waals surface area contributed by atoms with Gasteiger partial charge in [-0.15, -0.1) is 0 Å². The van der Waals surface area contributed by atoms with Crippen molar-refractivity contribution in [3.8, 4) is 11.6 Å². The molecule has 0 unspecified atom stereocenters. The van der Waals surface area contributed by atoms with Crippen molar-refractivity contribution < 1.29 is 9.13 Å². The first-order chi connectivity index (χ1) is 10.6. The first-order valence-electron chi connectivity index (χ1n) is 7.43. The van der Waals surface area contributed by atoms with Crippen LogP contribution in [-0.4, -0.2) is 23.1 Å². The summed E-state index contributed by atoms with van der Waals surface area (Å²) in [5.74, 6) is 1.10. The number of para-hydroxylation sites is 1. The van der Waals surface area contributed by atoms with Gasteiger partial charge in [0.05, 0.1) is 0 Å². The predicted octanol–water partition coefficient (Wildman–Crippen LogP) is 3.23. The van der Waals surface area contributed by atoms with Crippen LogP contribution in [0.15, 0.2) is 30.6 Å². The Hall–Kier alpha value is -2.37. The number of nitrogens with zero attached hydrogens (tertiary/aromatic N) is 3. The molecule has 1 saturated heterocycles. The van der Waals surface area contributed by atoms with E-state index >= 15 is 0 Å². The van der Waals surface area contributed by atoms with Gasteiger partial charge < -0.3 is 15.4 Å². The van der Waals surface area contributed by atoms with E-state index in [1.807, 2.05) is 0 Å². The number of aromatic nitrogens is 2. The molecule has 6 heteroatoms. The smallest absolute Gasteiger partial charge is 0.248 e. The summed E-state index contributed by atoms with van der Waals surface area (Å²) in [6.07, 6.45) is 3.72. The SMILES string of the molecule is C[C@H]1CCCN(c2ncnc(Oc3ccccc3F)c2N)C1. The number of piperidine rings is 1. The molecule has 1 atom stereocenters. The highest BCUT2D eigenvalue weighted by Crippen LogP contribution is 2.33. The molecule has 1 aromatic carbocycles. The van der Waals surface area contributed by atoms with E-state index in [4.69, 9.17) is 10.5 Å². The standard InChI is InChI=1S/C16H19FN4O/c1-11-5-4-8-21(9-11)15-14(18)16(20-10-19-15)22-13-7-3-2-6-12(13)17/h2-3,6-7,10-11H,4-5,8-9,18H2,1H3/t11-/m0/s1. The van der Waals surface area contributed by atoms with Gasteiger partial charge in [-0.25, -0.2) is 9.37 Å². The van der Waals surface area contributed by atoms with E-state index < -0.39 is 5.82 Å². The van der Waals surface area contributed by atoms with Crippen LogP contribution in [0.5, 0.6) is 11.6 Å². The van der Waals surface area contributed by atoms with Gasteiger partial charge in [0, 0.05) is 13.1 Å². The summed E-state index contributed by atoms with van der Waals surface area (Å²) in [7, 11) is 0. The van der Waals surface area contributed by atoms with Crippen LogP contribution in [0.25, 0.3) is 0 Å². The average molecular weight is 302 g/mol. The van der Waals surface area contributed by atoms with E-state index in [-0.39, 0.29) is 11.6 Å². The van der Waals surface area contributed by atoms with Crippen LogP contribution >= 0.6 is 0 Å². The lowest BCUT2D eigenvalue weighted by molar-refractivity contribution is 0.425. The number of rotatable bonds is 3. The minimum atomic E-state index is -0.450. The minimum Gasteiger partial charge on any atom is -0.434 e. The molecule has 22 heavy (non-hydrogen) atoms. The van der Waals surface area contributed by atoms with Gasteiger partial charge in [0.2, 0.25) is 5.88 Å². The Morgan fingerprint density at radius 1 is 1.32 bits per heavy atom. The number of anilines is 2. The van der Waals surface area contributed by atoms with Crippen molar-refractivity contribution in [3.63, 3.8) is 0 Å². The number of ether oxygens (including phenoxy) is 1. The molecule has 0 radical (unpaired) electrons. The second kappa shape index (κ2) is 6.17. The van der Waals surface area contributed by atoms with Crippen molar-refractivity contribution in [2.75, 3.05) is 23.7 Å². The van der Waals surface area contributed by atoms with Crippen molar-refractivity contribution in [1.82, 2.24) is 9.97 Å². The van der Waals surface area contributed by atoms with E-state index in [1.165, 1.54) is 18.8 Å². The van der Waals surface area contributed by atoms with Crippen LogP contribution in [0, 0.1) is 11.7 Å². The summed E-state index contributed by atoms with van der Waals surface area (Å²) in [5.41, 5.74) is 6.49. The molecule has 1 aliphatic rings. The third-order valence-corrected chi connectivity index (χ3v) is 3.83. The second-order valence-corrected chi connectivity index (χ2v) is 5.64. The largest absolute Gasteiger partial charge is 0.434 e. The minimum absolute atomic E-state index is 0.103. The fourth-order valence-electron chi connectivity index (χ4n) is 2.72. The maximum Gasteiger partial charge on any atom is 0.248 e. The van der Waals surface area contributed by atoms with Crippen molar-refractivity contribution in [1.29, 1.82) is 0 Å². The molecular formula is C16H19FN4O. The van der Waals surface area contributed by atoms with Gasteiger partial charge in [-0.1, -0.05) is 19.1 Å². The quantitative estimate of drug-likeness (QED) is 0.943. The number of hydrogen-bond donors (Lipinski definition) is 1. The fraction of sp³-hybridized carbons (Fsp3) is 0.375. The number of nitrogens with two attached hydrogens (primary N) is 1. The van der Waals surface area contributed by atoms with E-state index in [0.29, 0.717) is 17.4 Å². The second-order valence-electron chi connectivity index (χ2n) is 5.64. The van der Waals surface area contributed by atoms with Crippen LogP contribution in [0.4, 0.5) is 15.9 Å². The zero-order valence-corrected chi connectivity index (χ0v) is 12.5. The highest BCUT2D eigenvalue weighted by atomic mass is 19.1. The Balaban J connectivity index is 1.87. The zero-order chi connectivity index (χ0) is 15.5. The summed E-state index contributed by atoms with van der Waals surface area (Å²) >= 11 is 0. The molecule has 2 aromatic rings. The molecule has 0 aliphatic carbocycles. The van der Waals surface area contributed by atoms with Crippen LogP contribution in [-0.2, 0) is 0 Å². The Bertz CT molecular complexity index is 664. The average Bonchev–Trinajstić information content (AvgIpc) is 2.51. The summed E-state index contributed by atoms with van der Waals surface area (Å²) in [5, 5.41) is 0. The topological polar surface area (TPSA) is 64.3 Å². The number of halogens is 1. The maximum atomic E-state index is 13.7. The van der Waals surface area contributed by atoms with E-state index in [2.05, 4.69) is 21.8 Å². The molecule has 2 N–H and O–H groups in total. The lowest BCUT2D eigenvalue weighted by Gasteiger charge is -2.32. The normalized spacial score (nSPS) is 18.3. The first kappa shape index (κ1) is 14.6. The number of nitrogen functional groups attached to an aromatic ring is 1. The van der Waals surface area contributed by atoms with Crippen molar-refractivity contribution in [2.24, 2.45) is 5.92 Å². The first-order valence-corrected chi connectivity index (χ1v) is 7.43. The third-order valence-electron chi connectivity index (χ3n) is 3.83. The van der Waals surface area contributed by atoms with Gasteiger partial charge in [0.1, 0.15) is 12.0 Å². The van der Waals surface area contributed by atoms with E-state index in [1.54, 1.807) is 18.2 Å². The summed E-state index contributed by atoms with van der Waals surface area (Å²) in [6, 6.07) is 6.18. The van der Waals surface area contributed by atoms with Crippen LogP contribution < -0.4 is 15.4 Å². The van der Waals surface area contributed by atoms with Crippen molar-refractivity contribution >= 4 is 11.5 Å². The summed E-state index contributed by atoms with van der Waals surface area (Å²) in [6.45, 7) is 4.02. The van der Waals surface area contributed by atoms with Gasteiger partial charge in [-0.2, -0.15) is 4.98 Å². The molecule has 0 bridgehead atoms. The fourth-order valence-corrected chi connectivity index (χ4v) is 2.72. The van der Waals surface area contributed by atoms with Gasteiger partial charge in [0.25, 0.3) is 0 Å². The molecule has 3 rings (SSSR count). The Kier molecular flexibility index (Phi) is 4.09. The van der Waals surface area contributed by atoms with Gasteiger partial charge in [-0.3, -0.25) is 0 Å². The highest BCUT2D eigenvalue weighted by molar-refractivity contribution is 5.68. The Labute approximate surface area is 128 Å².